The molecule has 1 unspecified atom stereocenters. The van der Waals surface area contributed by atoms with E-state index in [0.717, 1.165) is 29.2 Å². The van der Waals surface area contributed by atoms with Gasteiger partial charge in [0.2, 0.25) is 0 Å². The Morgan fingerprint density at radius 3 is 2.52 bits per heavy atom. The predicted molar refractivity (Wildman–Crippen MR) is 99.6 cm³/mol. The third-order valence-corrected chi connectivity index (χ3v) is 4.60. The summed E-state index contributed by atoms with van der Waals surface area (Å²) in [7, 11) is 1.34. The van der Waals surface area contributed by atoms with Gasteiger partial charge in [-0.25, -0.2) is 9.07 Å². The molecule has 1 atom stereocenters. The molecule has 1 amide bonds. The van der Waals surface area contributed by atoms with Crippen LogP contribution in [0.1, 0.15) is 16.2 Å². The topological polar surface area (TPSA) is 69.5 Å². The average Bonchev–Trinajstić information content (AvgIpc) is 3.19. The molecule has 1 aromatic heterocycles. The second-order valence-corrected chi connectivity index (χ2v) is 6.86. The molecule has 0 saturated heterocycles. The van der Waals surface area contributed by atoms with E-state index in [9.17, 15) is 22.4 Å². The van der Waals surface area contributed by atoms with Gasteiger partial charge in [0.1, 0.15) is 12.4 Å². The van der Waals surface area contributed by atoms with Gasteiger partial charge in [0.05, 0.1) is 12.2 Å². The van der Waals surface area contributed by atoms with Gasteiger partial charge in [-0.3, -0.25) is 4.79 Å². The molecule has 0 aliphatic carbocycles. The van der Waals surface area contributed by atoms with Gasteiger partial charge in [-0.15, -0.1) is 5.10 Å². The Morgan fingerprint density at radius 2 is 1.84 bits per heavy atom. The highest BCUT2D eigenvalue weighted by Gasteiger charge is 2.43. The molecule has 0 saturated carbocycles. The van der Waals surface area contributed by atoms with E-state index >= 15 is 0 Å². The maximum Gasteiger partial charge on any atom is 0.435 e. The molecule has 0 fully saturated rings. The van der Waals surface area contributed by atoms with Crippen LogP contribution in [0.3, 0.4) is 0 Å². The molecule has 162 valence electrons. The zero-order valence-corrected chi connectivity index (χ0v) is 16.1. The van der Waals surface area contributed by atoms with Crippen molar-refractivity contribution in [2.24, 2.45) is 0 Å². The fourth-order valence-corrected chi connectivity index (χ4v) is 3.17. The smallest absolute Gasteiger partial charge is 0.435 e. The first-order valence-electron chi connectivity index (χ1n) is 9.17. The quantitative estimate of drug-likeness (QED) is 0.587. The van der Waals surface area contributed by atoms with Gasteiger partial charge in [0, 0.05) is 7.05 Å². The van der Waals surface area contributed by atoms with Crippen molar-refractivity contribution in [2.45, 2.75) is 12.3 Å². The summed E-state index contributed by atoms with van der Waals surface area (Å²) in [6.07, 6.45) is -5.50. The van der Waals surface area contributed by atoms with Crippen molar-refractivity contribution >= 4 is 5.91 Å². The van der Waals surface area contributed by atoms with Gasteiger partial charge in [-0.1, -0.05) is 17.3 Å². The monoisotopic (exact) mass is 436 g/mol. The minimum atomic E-state index is -4.92. The molecule has 31 heavy (non-hydrogen) atoms. The van der Waals surface area contributed by atoms with E-state index in [-0.39, 0.29) is 18.8 Å². The fourth-order valence-electron chi connectivity index (χ4n) is 3.17. The van der Waals surface area contributed by atoms with E-state index in [1.165, 1.54) is 7.05 Å². The van der Waals surface area contributed by atoms with Crippen molar-refractivity contribution in [1.82, 2.24) is 19.9 Å². The number of benzene rings is 2. The summed E-state index contributed by atoms with van der Waals surface area (Å²) in [5.41, 5.74) is -2.29. The number of alkyl halides is 3. The van der Waals surface area contributed by atoms with Crippen molar-refractivity contribution in [3.63, 3.8) is 0 Å². The number of carbonyl (C=O) groups excluding carboxylic acids is 1. The van der Waals surface area contributed by atoms with Crippen molar-refractivity contribution in [2.75, 3.05) is 20.2 Å². The predicted octanol–water partition coefficient (Wildman–Crippen LogP) is 3.34. The van der Waals surface area contributed by atoms with Crippen LogP contribution in [0, 0.1) is 5.82 Å². The van der Waals surface area contributed by atoms with Crippen LogP contribution in [0.4, 0.5) is 17.6 Å². The summed E-state index contributed by atoms with van der Waals surface area (Å²) in [6, 6.07) is 11.2. The third-order valence-electron chi connectivity index (χ3n) is 4.60. The van der Waals surface area contributed by atoms with Crippen LogP contribution in [-0.4, -0.2) is 52.1 Å². The molecule has 0 N–H and O–H groups in total. The van der Waals surface area contributed by atoms with Gasteiger partial charge in [0.15, 0.2) is 29.0 Å². The van der Waals surface area contributed by atoms with E-state index in [1.54, 1.807) is 24.3 Å². The number of hydrogen-bond acceptors (Lipinski definition) is 5. The number of halogens is 4. The minimum Gasteiger partial charge on any atom is -0.486 e. The molecule has 0 radical (unpaired) electrons. The van der Waals surface area contributed by atoms with E-state index in [4.69, 9.17) is 9.47 Å². The molecular weight excluding hydrogens is 420 g/mol. The normalized spacial score (nSPS) is 15.6. The summed E-state index contributed by atoms with van der Waals surface area (Å²) in [5, 5.41) is 6.95. The Kier molecular flexibility index (Phi) is 5.25. The van der Waals surface area contributed by atoms with Crippen molar-refractivity contribution in [1.29, 1.82) is 0 Å². The molecule has 0 bridgehead atoms. The van der Waals surface area contributed by atoms with Crippen molar-refractivity contribution < 1.29 is 31.8 Å². The SMILES string of the molecule is CN(CC1COc2ccccc2O1)C(=O)c1nnn(-c2ccc(F)cc2)c1C(F)(F)F. The number of para-hydroxylation sites is 2. The lowest BCUT2D eigenvalue weighted by molar-refractivity contribution is -0.143. The first kappa shape index (κ1) is 20.6. The highest BCUT2D eigenvalue weighted by atomic mass is 19.4. The molecule has 0 spiro atoms. The minimum absolute atomic E-state index is 0.0339. The number of nitrogens with zero attached hydrogens (tertiary/aromatic N) is 4. The van der Waals surface area contributed by atoms with Crippen LogP contribution in [0.5, 0.6) is 11.5 Å². The van der Waals surface area contributed by atoms with Crippen LogP contribution >= 0.6 is 0 Å². The number of ether oxygens (including phenoxy) is 2. The van der Waals surface area contributed by atoms with Crippen molar-refractivity contribution in [3.05, 3.63) is 65.7 Å². The highest BCUT2D eigenvalue weighted by molar-refractivity contribution is 5.93. The van der Waals surface area contributed by atoms with Crippen molar-refractivity contribution in [3.8, 4) is 17.2 Å². The molecule has 11 heteroatoms. The fraction of sp³-hybridized carbons (Fsp3) is 0.250. The lowest BCUT2D eigenvalue weighted by Crippen LogP contribution is -2.42. The van der Waals surface area contributed by atoms with Gasteiger partial charge < -0.3 is 14.4 Å². The first-order valence-corrected chi connectivity index (χ1v) is 9.17. The molecule has 1 aliphatic rings. The van der Waals surface area contributed by atoms with Gasteiger partial charge in [0.25, 0.3) is 5.91 Å². The lowest BCUT2D eigenvalue weighted by atomic mass is 10.2. The van der Waals surface area contributed by atoms with Gasteiger partial charge in [-0.2, -0.15) is 13.2 Å². The molecule has 7 nitrogen and oxygen atoms in total. The van der Waals surface area contributed by atoms with E-state index in [0.29, 0.717) is 16.2 Å². The standard InChI is InChI=1S/C20H16F4N4O3/c1-27(10-14-11-30-15-4-2-3-5-16(15)31-14)19(29)17-18(20(22,23)24)28(26-25-17)13-8-6-12(21)7-9-13/h2-9,14H,10-11H2,1H3. The third kappa shape index (κ3) is 4.16. The number of fused-ring (bicyclic) bond motifs is 1. The number of hydrogen-bond donors (Lipinski definition) is 0. The Bertz CT molecular complexity index is 1100. The molecule has 4 rings (SSSR count). The highest BCUT2D eigenvalue weighted by Crippen LogP contribution is 2.34. The van der Waals surface area contributed by atoms with Crippen LogP contribution in [-0.2, 0) is 6.18 Å². The number of amides is 1. The maximum absolute atomic E-state index is 13.8. The Hall–Kier alpha value is -3.63. The summed E-state index contributed by atoms with van der Waals surface area (Å²) < 4.78 is 66.2. The number of rotatable bonds is 4. The van der Waals surface area contributed by atoms with E-state index < -0.39 is 35.4 Å². The zero-order valence-electron chi connectivity index (χ0n) is 16.1. The van der Waals surface area contributed by atoms with Crippen LogP contribution < -0.4 is 9.47 Å². The van der Waals surface area contributed by atoms with E-state index in [1.807, 2.05) is 0 Å². The Balaban J connectivity index is 1.57. The zero-order chi connectivity index (χ0) is 22.2. The molecule has 3 aromatic rings. The number of aromatic nitrogens is 3. The first-order chi connectivity index (χ1) is 14.7. The maximum atomic E-state index is 13.8. The number of likely N-dealkylation sites (N-methyl/N-ethyl adjacent to an activating group) is 1. The molecule has 2 aromatic carbocycles. The van der Waals surface area contributed by atoms with Gasteiger partial charge in [-0.05, 0) is 36.4 Å². The Labute approximate surface area is 173 Å². The summed E-state index contributed by atoms with van der Waals surface area (Å²) in [6.45, 7) is 0.0942. The largest absolute Gasteiger partial charge is 0.486 e. The van der Waals surface area contributed by atoms with Crippen LogP contribution in [0.15, 0.2) is 48.5 Å². The summed E-state index contributed by atoms with van der Waals surface area (Å²) >= 11 is 0. The average molecular weight is 436 g/mol. The second kappa shape index (κ2) is 7.89. The molecule has 2 heterocycles. The number of carbonyl (C=O) groups is 1. The summed E-state index contributed by atoms with van der Waals surface area (Å²) in [5.74, 6) is -0.569. The van der Waals surface area contributed by atoms with Crippen LogP contribution in [0.25, 0.3) is 5.69 Å². The summed E-state index contributed by atoms with van der Waals surface area (Å²) in [4.78, 5) is 13.8. The van der Waals surface area contributed by atoms with Crippen LogP contribution in [0.2, 0.25) is 0 Å². The van der Waals surface area contributed by atoms with Gasteiger partial charge >= 0.3 is 6.18 Å². The van der Waals surface area contributed by atoms with E-state index in [2.05, 4.69) is 10.3 Å². The molecule has 1 aliphatic heterocycles. The Morgan fingerprint density at radius 1 is 1.16 bits per heavy atom. The molecular formula is C20H16F4N4O3. The second-order valence-electron chi connectivity index (χ2n) is 6.86. The lowest BCUT2D eigenvalue weighted by Gasteiger charge is -2.29.